The third kappa shape index (κ3) is 6.79. The van der Waals surface area contributed by atoms with Crippen LogP contribution in [0.25, 0.3) is 0 Å². The molecule has 2 unspecified atom stereocenters. The Morgan fingerprint density at radius 1 is 1.27 bits per heavy atom. The molecule has 2 nitrogen and oxygen atoms in total. The predicted molar refractivity (Wildman–Crippen MR) is 118 cm³/mol. The van der Waals surface area contributed by atoms with E-state index >= 15 is 0 Å². The summed E-state index contributed by atoms with van der Waals surface area (Å²) in [5.41, 5.74) is 2.96. The molecule has 0 aromatic rings. The van der Waals surface area contributed by atoms with E-state index in [2.05, 4.69) is 77.1 Å². The molecule has 0 aromatic heterocycles. The maximum Gasteiger partial charge on any atom is 0.0644 e. The molecule has 26 heavy (non-hydrogen) atoms. The average Bonchev–Trinajstić information content (AvgIpc) is 3.11. The summed E-state index contributed by atoms with van der Waals surface area (Å²) >= 11 is 0. The van der Waals surface area contributed by atoms with E-state index in [4.69, 9.17) is 0 Å². The zero-order valence-electron chi connectivity index (χ0n) is 17.8. The van der Waals surface area contributed by atoms with Crippen LogP contribution >= 0.6 is 0 Å². The number of allylic oxidation sites excluding steroid dienone is 1. The molecular weight excluding hydrogens is 316 g/mol. The largest absolute Gasteiger partial charge is 0.382 e. The Morgan fingerprint density at radius 2 is 1.85 bits per heavy atom. The van der Waals surface area contributed by atoms with E-state index in [0.717, 1.165) is 18.9 Å². The lowest BCUT2D eigenvalue weighted by Gasteiger charge is -2.30. The zero-order valence-corrected chi connectivity index (χ0v) is 17.8. The maximum atomic E-state index is 4.20. The molecule has 0 radical (unpaired) electrons. The van der Waals surface area contributed by atoms with E-state index in [1.165, 1.54) is 30.7 Å². The fraction of sp³-hybridized carbons (Fsp3) is 0.583. The van der Waals surface area contributed by atoms with Crippen molar-refractivity contribution in [3.63, 3.8) is 0 Å². The summed E-state index contributed by atoms with van der Waals surface area (Å²) in [5.74, 6) is 0.540. The lowest BCUT2D eigenvalue weighted by atomic mass is 9.90. The molecule has 146 valence electrons. The second kappa shape index (κ2) is 10.3. The molecular formula is C24H40N2. The Kier molecular flexibility index (Phi) is 9.57. The first-order valence-corrected chi connectivity index (χ1v) is 9.52. The number of terminal acetylenes is 1. The third-order valence-electron chi connectivity index (χ3n) is 5.11. The van der Waals surface area contributed by atoms with Crippen molar-refractivity contribution < 1.29 is 0 Å². The molecule has 2 rings (SSSR count). The number of hydrogen-bond acceptors (Lipinski definition) is 2. The molecule has 0 amide bonds. The van der Waals surface area contributed by atoms with Crippen molar-refractivity contribution in [2.24, 2.45) is 11.3 Å². The van der Waals surface area contributed by atoms with Gasteiger partial charge in [-0.1, -0.05) is 52.2 Å². The van der Waals surface area contributed by atoms with Crippen molar-refractivity contribution in [3.05, 3.63) is 49.9 Å². The van der Waals surface area contributed by atoms with Crippen LogP contribution in [0, 0.1) is 24.2 Å². The molecule has 3 atom stereocenters. The van der Waals surface area contributed by atoms with Gasteiger partial charge in [0.25, 0.3) is 0 Å². The summed E-state index contributed by atoms with van der Waals surface area (Å²) < 4.78 is 0. The summed E-state index contributed by atoms with van der Waals surface area (Å²) in [6.45, 7) is 28.0. The predicted octanol–water partition coefficient (Wildman–Crippen LogP) is 5.91. The highest BCUT2D eigenvalue weighted by Crippen LogP contribution is 2.48. The highest BCUT2D eigenvalue weighted by Gasteiger charge is 2.52. The highest BCUT2D eigenvalue weighted by atomic mass is 15.2. The zero-order chi connectivity index (χ0) is 20.5. The van der Waals surface area contributed by atoms with Gasteiger partial charge in [0.05, 0.1) is 5.54 Å². The maximum absolute atomic E-state index is 4.20. The summed E-state index contributed by atoms with van der Waals surface area (Å²) in [6, 6.07) is 0.717. The van der Waals surface area contributed by atoms with Crippen LogP contribution < -0.4 is 5.32 Å². The minimum absolute atomic E-state index is 0.0868. The van der Waals surface area contributed by atoms with Gasteiger partial charge in [-0.2, -0.15) is 0 Å². The van der Waals surface area contributed by atoms with Crippen LogP contribution in [-0.2, 0) is 0 Å². The fourth-order valence-electron chi connectivity index (χ4n) is 3.65. The number of nitrogens with one attached hydrogen (secondary N) is 1. The molecule has 1 aliphatic carbocycles. The summed E-state index contributed by atoms with van der Waals surface area (Å²) in [5, 5.41) is 3.23. The molecule has 1 saturated carbocycles. The quantitative estimate of drug-likeness (QED) is 0.470. The first kappa shape index (κ1) is 24.1. The Morgan fingerprint density at radius 3 is 2.15 bits per heavy atom. The van der Waals surface area contributed by atoms with E-state index in [0.29, 0.717) is 11.3 Å². The monoisotopic (exact) mass is 356 g/mol. The van der Waals surface area contributed by atoms with Gasteiger partial charge in [0.2, 0.25) is 0 Å². The van der Waals surface area contributed by atoms with Gasteiger partial charge in [-0.25, -0.2) is 0 Å². The molecule has 1 heterocycles. The van der Waals surface area contributed by atoms with Gasteiger partial charge in [-0.05, 0) is 51.1 Å². The molecule has 0 aromatic carbocycles. The Balaban J connectivity index is 0.000000444. The van der Waals surface area contributed by atoms with Crippen molar-refractivity contribution in [3.8, 4) is 12.8 Å². The van der Waals surface area contributed by atoms with E-state index in [9.17, 15) is 0 Å². The van der Waals surface area contributed by atoms with Gasteiger partial charge in [-0.15, -0.1) is 19.4 Å². The van der Waals surface area contributed by atoms with E-state index in [1.807, 2.05) is 13.0 Å². The molecule has 1 N–H and O–H groups in total. The number of hydrogen-bond donors (Lipinski definition) is 1. The van der Waals surface area contributed by atoms with Crippen LogP contribution in [0.3, 0.4) is 0 Å². The van der Waals surface area contributed by atoms with Gasteiger partial charge in [0, 0.05) is 24.2 Å². The summed E-state index contributed by atoms with van der Waals surface area (Å²) in [7, 11) is 0. The van der Waals surface area contributed by atoms with Gasteiger partial charge < -0.3 is 10.2 Å². The molecule has 2 heteroatoms. The summed E-state index contributed by atoms with van der Waals surface area (Å²) in [4.78, 5) is 2.48. The molecule has 0 spiro atoms. The second-order valence-corrected chi connectivity index (χ2v) is 8.63. The van der Waals surface area contributed by atoms with E-state index in [-0.39, 0.29) is 5.54 Å². The SMILES string of the molecule is C#C.C=C(CC(C)(C)C)N1CCC[C@H]1C.C=CNC1(C(=C)C)CC1C=C. The first-order valence-electron chi connectivity index (χ1n) is 9.52. The standard InChI is InChI=1S/C12H23N.C10H15N.C2H2/c1-10-7-6-8-13(10)11(2)9-12(3,4)5;1-5-9-7-10(9,8(3)4)11-6-2;1-2/h10H,2,6-9H2,1,3-5H3;5-6,9,11H,1-3,7H2,4H3;1-2H/t10-;;/m1../s1. The van der Waals surface area contributed by atoms with Crippen LogP contribution in [0.5, 0.6) is 0 Å². The van der Waals surface area contributed by atoms with Crippen LogP contribution in [0.4, 0.5) is 0 Å². The third-order valence-corrected chi connectivity index (χ3v) is 5.11. The minimum Gasteiger partial charge on any atom is -0.382 e. The molecule has 2 fully saturated rings. The molecule has 1 saturated heterocycles. The topological polar surface area (TPSA) is 15.3 Å². The lowest BCUT2D eigenvalue weighted by Crippen LogP contribution is -2.29. The van der Waals surface area contributed by atoms with Crippen molar-refractivity contribution >= 4 is 0 Å². The fourth-order valence-corrected chi connectivity index (χ4v) is 3.65. The van der Waals surface area contributed by atoms with Crippen LogP contribution in [-0.4, -0.2) is 23.0 Å². The van der Waals surface area contributed by atoms with Crippen LogP contribution in [0.2, 0.25) is 0 Å². The van der Waals surface area contributed by atoms with Gasteiger partial charge in [-0.3, -0.25) is 0 Å². The van der Waals surface area contributed by atoms with Crippen LogP contribution in [0.15, 0.2) is 49.9 Å². The smallest absolute Gasteiger partial charge is 0.0644 e. The second-order valence-electron chi connectivity index (χ2n) is 8.63. The van der Waals surface area contributed by atoms with Crippen molar-refractivity contribution in [2.45, 2.75) is 71.9 Å². The van der Waals surface area contributed by atoms with Crippen LogP contribution in [0.1, 0.15) is 60.3 Å². The Hall–Kier alpha value is -1.88. The molecule has 1 aliphatic heterocycles. The summed E-state index contributed by atoms with van der Waals surface area (Å²) in [6.07, 6.45) is 16.6. The van der Waals surface area contributed by atoms with Crippen molar-refractivity contribution in [1.82, 2.24) is 10.2 Å². The number of nitrogens with zero attached hydrogens (tertiary/aromatic N) is 1. The van der Waals surface area contributed by atoms with E-state index in [1.54, 1.807) is 6.20 Å². The van der Waals surface area contributed by atoms with Crippen molar-refractivity contribution in [2.75, 3.05) is 6.54 Å². The van der Waals surface area contributed by atoms with Crippen molar-refractivity contribution in [1.29, 1.82) is 0 Å². The van der Waals surface area contributed by atoms with Gasteiger partial charge in [0.1, 0.15) is 0 Å². The minimum atomic E-state index is 0.0868. The molecule has 2 aliphatic rings. The Labute approximate surface area is 163 Å². The van der Waals surface area contributed by atoms with Gasteiger partial charge in [0.15, 0.2) is 0 Å². The van der Waals surface area contributed by atoms with Gasteiger partial charge >= 0.3 is 0 Å². The number of rotatable bonds is 6. The Bertz CT molecular complexity index is 520. The highest BCUT2D eigenvalue weighted by molar-refractivity contribution is 5.32. The lowest BCUT2D eigenvalue weighted by molar-refractivity contribution is 0.286. The average molecular weight is 357 g/mol. The normalized spacial score (nSPS) is 26.3. The molecule has 0 bridgehead atoms. The number of likely N-dealkylation sites (tertiary alicyclic amines) is 1. The first-order chi connectivity index (χ1) is 12.1. The van der Waals surface area contributed by atoms with E-state index < -0.39 is 0 Å².